The molecule has 10 heteroatoms. The van der Waals surface area contributed by atoms with Gasteiger partial charge in [0, 0.05) is 5.69 Å². The SMILES string of the molecule is O=C(O)c1cc(NC(=O)c2nn(-c3ccccc3)c(=O)[nH]2)cc(C(=O)O)c1. The molecule has 0 aliphatic heterocycles. The number of carbonyl (C=O) groups is 3. The van der Waals surface area contributed by atoms with Crippen LogP contribution in [0.1, 0.15) is 31.3 Å². The molecule has 0 atom stereocenters. The number of para-hydroxylation sites is 1. The van der Waals surface area contributed by atoms with Crippen molar-refractivity contribution in [3.63, 3.8) is 0 Å². The van der Waals surface area contributed by atoms with Crippen molar-refractivity contribution >= 4 is 23.5 Å². The zero-order chi connectivity index (χ0) is 19.6. The number of H-pyrrole nitrogens is 1. The second-order valence-corrected chi connectivity index (χ2v) is 5.39. The van der Waals surface area contributed by atoms with Crippen molar-refractivity contribution in [2.45, 2.75) is 0 Å². The number of aromatic nitrogens is 3. The van der Waals surface area contributed by atoms with Crippen molar-refractivity contribution in [1.82, 2.24) is 14.8 Å². The van der Waals surface area contributed by atoms with E-state index in [2.05, 4.69) is 15.4 Å². The first-order chi connectivity index (χ1) is 12.8. The fourth-order valence-electron chi connectivity index (χ4n) is 2.31. The number of benzene rings is 2. The lowest BCUT2D eigenvalue weighted by Crippen LogP contribution is -2.16. The third-order valence-electron chi connectivity index (χ3n) is 3.52. The Bertz CT molecular complexity index is 1070. The normalized spacial score (nSPS) is 10.4. The zero-order valence-electron chi connectivity index (χ0n) is 13.5. The topological polar surface area (TPSA) is 154 Å². The average molecular weight is 368 g/mol. The quantitative estimate of drug-likeness (QED) is 0.527. The summed E-state index contributed by atoms with van der Waals surface area (Å²) >= 11 is 0. The molecule has 0 saturated carbocycles. The molecule has 0 spiro atoms. The van der Waals surface area contributed by atoms with Crippen molar-refractivity contribution in [3.8, 4) is 5.69 Å². The van der Waals surface area contributed by atoms with E-state index in [-0.39, 0.29) is 22.6 Å². The summed E-state index contributed by atoms with van der Waals surface area (Å²) in [4.78, 5) is 48.8. The highest BCUT2D eigenvalue weighted by molar-refractivity contribution is 6.03. The molecule has 0 radical (unpaired) electrons. The van der Waals surface area contributed by atoms with Gasteiger partial charge in [-0.3, -0.25) is 9.78 Å². The molecule has 0 aliphatic rings. The van der Waals surface area contributed by atoms with Gasteiger partial charge < -0.3 is 15.5 Å². The Morgan fingerprint density at radius 2 is 1.56 bits per heavy atom. The summed E-state index contributed by atoms with van der Waals surface area (Å²) in [5, 5.41) is 24.4. The van der Waals surface area contributed by atoms with Gasteiger partial charge in [-0.2, -0.15) is 4.68 Å². The van der Waals surface area contributed by atoms with Crippen molar-refractivity contribution in [1.29, 1.82) is 0 Å². The first-order valence-electron chi connectivity index (χ1n) is 7.53. The molecule has 3 rings (SSSR count). The lowest BCUT2D eigenvalue weighted by Gasteiger charge is -2.06. The Kier molecular flexibility index (Phi) is 4.54. The van der Waals surface area contributed by atoms with Crippen molar-refractivity contribution in [2.75, 3.05) is 5.32 Å². The van der Waals surface area contributed by atoms with E-state index in [4.69, 9.17) is 10.2 Å². The molecule has 0 bridgehead atoms. The summed E-state index contributed by atoms with van der Waals surface area (Å²) in [5.41, 5.74) is -0.884. The van der Waals surface area contributed by atoms with E-state index in [1.165, 1.54) is 0 Å². The van der Waals surface area contributed by atoms with Crippen LogP contribution in [-0.2, 0) is 0 Å². The van der Waals surface area contributed by atoms with Gasteiger partial charge in [-0.25, -0.2) is 14.4 Å². The van der Waals surface area contributed by atoms with Crippen molar-refractivity contribution in [3.05, 3.63) is 76.0 Å². The van der Waals surface area contributed by atoms with Crippen molar-refractivity contribution < 1.29 is 24.6 Å². The molecular weight excluding hydrogens is 356 g/mol. The summed E-state index contributed by atoms with van der Waals surface area (Å²) in [6.07, 6.45) is 0. The molecule has 0 fully saturated rings. The minimum absolute atomic E-state index is 0.0626. The highest BCUT2D eigenvalue weighted by atomic mass is 16.4. The van der Waals surface area contributed by atoms with E-state index in [1.54, 1.807) is 30.3 Å². The van der Waals surface area contributed by atoms with E-state index in [1.807, 2.05) is 0 Å². The lowest BCUT2D eigenvalue weighted by molar-refractivity contribution is 0.0696. The van der Waals surface area contributed by atoms with Crippen LogP contribution in [0.3, 0.4) is 0 Å². The highest BCUT2D eigenvalue weighted by Gasteiger charge is 2.17. The van der Waals surface area contributed by atoms with Gasteiger partial charge in [0.1, 0.15) is 0 Å². The summed E-state index contributed by atoms with van der Waals surface area (Å²) < 4.78 is 0.991. The number of nitrogens with zero attached hydrogens (tertiary/aromatic N) is 2. The number of hydrogen-bond donors (Lipinski definition) is 4. The van der Waals surface area contributed by atoms with Crippen LogP contribution in [0.25, 0.3) is 5.69 Å². The van der Waals surface area contributed by atoms with E-state index < -0.39 is 23.5 Å². The molecular formula is C17H12N4O6. The Morgan fingerprint density at radius 3 is 2.11 bits per heavy atom. The third-order valence-corrected chi connectivity index (χ3v) is 3.52. The maximum absolute atomic E-state index is 12.3. The van der Waals surface area contributed by atoms with Crippen LogP contribution >= 0.6 is 0 Å². The average Bonchev–Trinajstić information content (AvgIpc) is 3.04. The van der Waals surface area contributed by atoms with Crippen LogP contribution in [0, 0.1) is 0 Å². The van der Waals surface area contributed by atoms with E-state index in [0.717, 1.165) is 22.9 Å². The molecule has 1 heterocycles. The molecule has 2 aromatic carbocycles. The fraction of sp³-hybridized carbons (Fsp3) is 0. The molecule has 4 N–H and O–H groups in total. The predicted octanol–water partition coefficient (Wildman–Crippen LogP) is 1.21. The highest BCUT2D eigenvalue weighted by Crippen LogP contribution is 2.16. The van der Waals surface area contributed by atoms with Crippen LogP contribution < -0.4 is 11.0 Å². The molecule has 10 nitrogen and oxygen atoms in total. The van der Waals surface area contributed by atoms with Gasteiger partial charge in [0.2, 0.25) is 5.82 Å². The van der Waals surface area contributed by atoms with Gasteiger partial charge in [-0.1, -0.05) is 18.2 Å². The van der Waals surface area contributed by atoms with Gasteiger partial charge >= 0.3 is 17.6 Å². The number of aromatic carboxylic acids is 2. The van der Waals surface area contributed by atoms with Crippen LogP contribution in [0.5, 0.6) is 0 Å². The maximum Gasteiger partial charge on any atom is 0.348 e. The maximum atomic E-state index is 12.3. The number of nitrogens with one attached hydrogen (secondary N) is 2. The van der Waals surface area contributed by atoms with E-state index >= 15 is 0 Å². The van der Waals surface area contributed by atoms with Gasteiger partial charge in [0.25, 0.3) is 5.91 Å². The molecule has 3 aromatic rings. The van der Waals surface area contributed by atoms with Crippen LogP contribution in [0.2, 0.25) is 0 Å². The number of carboxylic acids is 2. The number of amides is 1. The summed E-state index contributed by atoms with van der Waals surface area (Å²) in [7, 11) is 0. The minimum atomic E-state index is -1.35. The van der Waals surface area contributed by atoms with Crippen LogP contribution in [0.15, 0.2) is 53.3 Å². The Labute approximate surface area is 150 Å². The monoisotopic (exact) mass is 368 g/mol. The Morgan fingerprint density at radius 1 is 0.963 bits per heavy atom. The molecule has 1 aromatic heterocycles. The van der Waals surface area contributed by atoms with Gasteiger partial charge in [0.15, 0.2) is 0 Å². The first kappa shape index (κ1) is 17.6. The molecule has 0 aliphatic carbocycles. The summed E-state index contributed by atoms with van der Waals surface area (Å²) in [6, 6.07) is 11.6. The number of rotatable bonds is 5. The molecule has 1 amide bonds. The van der Waals surface area contributed by atoms with E-state index in [9.17, 15) is 19.2 Å². The molecule has 0 saturated heterocycles. The second-order valence-electron chi connectivity index (χ2n) is 5.39. The van der Waals surface area contributed by atoms with Gasteiger partial charge in [0.05, 0.1) is 16.8 Å². The smallest absolute Gasteiger partial charge is 0.348 e. The fourth-order valence-corrected chi connectivity index (χ4v) is 2.31. The largest absolute Gasteiger partial charge is 0.478 e. The lowest BCUT2D eigenvalue weighted by atomic mass is 10.1. The second kappa shape index (κ2) is 6.96. The Hall–Kier alpha value is -4.21. The van der Waals surface area contributed by atoms with Crippen LogP contribution in [0.4, 0.5) is 5.69 Å². The van der Waals surface area contributed by atoms with Gasteiger partial charge in [-0.15, -0.1) is 5.10 Å². The zero-order valence-corrected chi connectivity index (χ0v) is 13.5. The molecule has 136 valence electrons. The van der Waals surface area contributed by atoms with E-state index in [0.29, 0.717) is 5.69 Å². The number of aromatic amines is 1. The third kappa shape index (κ3) is 3.74. The molecule has 0 unspecified atom stereocenters. The molecule has 27 heavy (non-hydrogen) atoms. The number of anilines is 1. The standard InChI is InChI=1S/C17H12N4O6/c22-14(13-19-17(27)21(20-13)12-4-2-1-3-5-12)18-11-7-9(15(23)24)6-10(8-11)16(25)26/h1-8H,(H,18,22)(H,23,24)(H,25,26)(H,19,20,27). The summed E-state index contributed by atoms with van der Waals surface area (Å²) in [6.45, 7) is 0. The number of hydrogen-bond acceptors (Lipinski definition) is 5. The van der Waals surface area contributed by atoms with Crippen molar-refractivity contribution in [2.24, 2.45) is 0 Å². The predicted molar refractivity (Wildman–Crippen MR) is 92.5 cm³/mol. The summed E-state index contributed by atoms with van der Waals surface area (Å²) in [5.74, 6) is -3.85. The minimum Gasteiger partial charge on any atom is -0.478 e. The number of carboxylic acid groups (broad SMARTS) is 2. The van der Waals surface area contributed by atoms with Crippen LogP contribution in [-0.4, -0.2) is 42.8 Å². The van der Waals surface area contributed by atoms with Gasteiger partial charge in [-0.05, 0) is 30.3 Å². The Balaban J connectivity index is 1.91. The number of carbonyl (C=O) groups excluding carboxylic acids is 1. The first-order valence-corrected chi connectivity index (χ1v) is 7.53.